The molecule has 4 nitrogen and oxygen atoms in total. The van der Waals surface area contributed by atoms with Crippen LogP contribution in [0.15, 0.2) is 16.7 Å². The molecule has 4 heteroatoms. The van der Waals surface area contributed by atoms with Crippen LogP contribution in [0.4, 0.5) is 0 Å². The zero-order valence-corrected chi connectivity index (χ0v) is 8.66. The first-order chi connectivity index (χ1) is 7.31. The van der Waals surface area contributed by atoms with Gasteiger partial charge in [-0.15, -0.1) is 0 Å². The fraction of sp³-hybridized carbons (Fsp3) is 0.545. The van der Waals surface area contributed by atoms with Crippen LogP contribution in [-0.4, -0.2) is 12.5 Å². The highest BCUT2D eigenvalue weighted by atomic mass is 16.3. The SMILES string of the molecule is NCCC(=O)NC1CCCc2occc21. The Morgan fingerprint density at radius 2 is 2.53 bits per heavy atom. The van der Waals surface area contributed by atoms with Crippen LogP contribution in [0.3, 0.4) is 0 Å². The maximum Gasteiger partial charge on any atom is 0.221 e. The molecule has 15 heavy (non-hydrogen) atoms. The van der Waals surface area contributed by atoms with Crippen molar-refractivity contribution in [2.75, 3.05) is 6.54 Å². The Bertz CT molecular complexity index is 346. The van der Waals surface area contributed by atoms with E-state index in [9.17, 15) is 4.79 Å². The van der Waals surface area contributed by atoms with Crippen molar-refractivity contribution in [1.29, 1.82) is 0 Å². The molecular formula is C11H16N2O2. The molecule has 1 atom stereocenters. The molecule has 1 aliphatic rings. The summed E-state index contributed by atoms with van der Waals surface area (Å²) in [6.07, 6.45) is 5.12. The molecule has 3 N–H and O–H groups in total. The average Bonchev–Trinajstić information content (AvgIpc) is 2.67. The molecule has 0 bridgehead atoms. The highest BCUT2D eigenvalue weighted by molar-refractivity contribution is 5.76. The Labute approximate surface area is 88.8 Å². The predicted molar refractivity (Wildman–Crippen MR) is 56.2 cm³/mol. The largest absolute Gasteiger partial charge is 0.469 e. The standard InChI is InChI=1S/C11H16N2O2/c12-6-4-11(14)13-9-2-1-3-10-8(9)5-7-15-10/h5,7,9H,1-4,6,12H2,(H,13,14). The second-order valence-electron chi connectivity index (χ2n) is 3.85. The summed E-state index contributed by atoms with van der Waals surface area (Å²) in [5.74, 6) is 1.04. The number of aryl methyl sites for hydroxylation is 1. The fourth-order valence-electron chi connectivity index (χ4n) is 2.03. The Kier molecular flexibility index (Phi) is 3.06. The Balaban J connectivity index is 2.03. The van der Waals surface area contributed by atoms with Gasteiger partial charge in [-0.05, 0) is 18.9 Å². The van der Waals surface area contributed by atoms with Gasteiger partial charge in [0.15, 0.2) is 0 Å². The zero-order chi connectivity index (χ0) is 10.7. The second-order valence-corrected chi connectivity index (χ2v) is 3.85. The number of furan rings is 1. The summed E-state index contributed by atoms with van der Waals surface area (Å²) in [7, 11) is 0. The van der Waals surface area contributed by atoms with E-state index in [1.165, 1.54) is 0 Å². The van der Waals surface area contributed by atoms with Crippen LogP contribution in [0.25, 0.3) is 0 Å². The van der Waals surface area contributed by atoms with Gasteiger partial charge < -0.3 is 15.5 Å². The number of rotatable bonds is 3. The molecule has 0 fully saturated rings. The van der Waals surface area contributed by atoms with Crippen molar-refractivity contribution >= 4 is 5.91 Å². The minimum Gasteiger partial charge on any atom is -0.469 e. The lowest BCUT2D eigenvalue weighted by Gasteiger charge is -2.22. The first-order valence-electron chi connectivity index (χ1n) is 5.37. The lowest BCUT2D eigenvalue weighted by Crippen LogP contribution is -2.31. The number of hydrogen-bond acceptors (Lipinski definition) is 3. The molecular weight excluding hydrogens is 192 g/mol. The number of hydrogen-bond donors (Lipinski definition) is 2. The summed E-state index contributed by atoms with van der Waals surface area (Å²) >= 11 is 0. The third-order valence-electron chi connectivity index (χ3n) is 2.76. The van der Waals surface area contributed by atoms with E-state index in [4.69, 9.17) is 10.2 Å². The maximum atomic E-state index is 11.4. The monoisotopic (exact) mass is 208 g/mol. The summed E-state index contributed by atoms with van der Waals surface area (Å²) in [5, 5.41) is 2.98. The molecule has 0 aliphatic heterocycles. The first-order valence-corrected chi connectivity index (χ1v) is 5.37. The van der Waals surface area contributed by atoms with E-state index in [1.54, 1.807) is 6.26 Å². The molecule has 1 aromatic rings. The lowest BCUT2D eigenvalue weighted by molar-refractivity contribution is -0.121. The van der Waals surface area contributed by atoms with Crippen LogP contribution in [0.2, 0.25) is 0 Å². The first kappa shape index (κ1) is 10.2. The van der Waals surface area contributed by atoms with Gasteiger partial charge in [0.2, 0.25) is 5.91 Å². The smallest absolute Gasteiger partial charge is 0.221 e. The van der Waals surface area contributed by atoms with Crippen LogP contribution in [0, 0.1) is 0 Å². The van der Waals surface area contributed by atoms with Crippen molar-refractivity contribution in [3.05, 3.63) is 23.7 Å². The number of amides is 1. The molecule has 0 aromatic carbocycles. The quantitative estimate of drug-likeness (QED) is 0.782. The van der Waals surface area contributed by atoms with Crippen molar-refractivity contribution in [3.8, 4) is 0 Å². The summed E-state index contributed by atoms with van der Waals surface area (Å²) in [6.45, 7) is 0.400. The van der Waals surface area contributed by atoms with E-state index < -0.39 is 0 Å². The summed E-state index contributed by atoms with van der Waals surface area (Å²) in [4.78, 5) is 11.4. The number of carbonyl (C=O) groups excluding carboxylic acids is 1. The van der Waals surface area contributed by atoms with Crippen LogP contribution in [-0.2, 0) is 11.2 Å². The molecule has 0 saturated heterocycles. The molecule has 1 aliphatic carbocycles. The van der Waals surface area contributed by atoms with E-state index in [2.05, 4.69) is 5.32 Å². The molecule has 82 valence electrons. The van der Waals surface area contributed by atoms with Crippen molar-refractivity contribution in [2.24, 2.45) is 5.73 Å². The summed E-state index contributed by atoms with van der Waals surface area (Å²) < 4.78 is 5.35. The lowest BCUT2D eigenvalue weighted by atomic mass is 9.93. The summed E-state index contributed by atoms with van der Waals surface area (Å²) in [6, 6.07) is 2.06. The van der Waals surface area contributed by atoms with Gasteiger partial charge in [-0.1, -0.05) is 0 Å². The van der Waals surface area contributed by atoms with Gasteiger partial charge in [-0.2, -0.15) is 0 Å². The molecule has 1 amide bonds. The Morgan fingerprint density at radius 1 is 1.67 bits per heavy atom. The van der Waals surface area contributed by atoms with E-state index >= 15 is 0 Å². The Morgan fingerprint density at radius 3 is 3.33 bits per heavy atom. The minimum absolute atomic E-state index is 0.0246. The van der Waals surface area contributed by atoms with Crippen molar-refractivity contribution in [2.45, 2.75) is 31.7 Å². The molecule has 1 unspecified atom stereocenters. The normalized spacial score (nSPS) is 19.7. The number of fused-ring (bicyclic) bond motifs is 1. The van der Waals surface area contributed by atoms with Crippen LogP contribution >= 0.6 is 0 Å². The van der Waals surface area contributed by atoms with Crippen molar-refractivity contribution < 1.29 is 9.21 Å². The van der Waals surface area contributed by atoms with Gasteiger partial charge >= 0.3 is 0 Å². The number of carbonyl (C=O) groups is 1. The van der Waals surface area contributed by atoms with Crippen molar-refractivity contribution in [1.82, 2.24) is 5.32 Å². The summed E-state index contributed by atoms with van der Waals surface area (Å²) in [5.41, 5.74) is 6.46. The molecule has 1 aromatic heterocycles. The van der Waals surface area contributed by atoms with Crippen LogP contribution < -0.4 is 11.1 Å². The van der Waals surface area contributed by atoms with Crippen LogP contribution in [0.5, 0.6) is 0 Å². The minimum atomic E-state index is 0.0246. The van der Waals surface area contributed by atoms with E-state index in [0.717, 1.165) is 30.6 Å². The van der Waals surface area contributed by atoms with Gasteiger partial charge in [-0.25, -0.2) is 0 Å². The van der Waals surface area contributed by atoms with Gasteiger partial charge in [0, 0.05) is 24.9 Å². The van der Waals surface area contributed by atoms with Crippen molar-refractivity contribution in [3.63, 3.8) is 0 Å². The van der Waals surface area contributed by atoms with E-state index in [0.29, 0.717) is 13.0 Å². The predicted octanol–water partition coefficient (Wildman–Crippen LogP) is 1.12. The molecule has 0 spiro atoms. The molecule has 1 heterocycles. The topological polar surface area (TPSA) is 68.3 Å². The van der Waals surface area contributed by atoms with Gasteiger partial charge in [0.25, 0.3) is 0 Å². The van der Waals surface area contributed by atoms with Gasteiger partial charge in [0.05, 0.1) is 12.3 Å². The van der Waals surface area contributed by atoms with Gasteiger partial charge in [0.1, 0.15) is 5.76 Å². The highest BCUT2D eigenvalue weighted by Gasteiger charge is 2.23. The average molecular weight is 208 g/mol. The maximum absolute atomic E-state index is 11.4. The van der Waals surface area contributed by atoms with Crippen LogP contribution in [0.1, 0.15) is 36.6 Å². The van der Waals surface area contributed by atoms with E-state index in [-0.39, 0.29) is 11.9 Å². The Hall–Kier alpha value is -1.29. The third-order valence-corrected chi connectivity index (χ3v) is 2.76. The van der Waals surface area contributed by atoms with Gasteiger partial charge in [-0.3, -0.25) is 4.79 Å². The molecule has 2 rings (SSSR count). The number of nitrogens with one attached hydrogen (secondary N) is 1. The fourth-order valence-corrected chi connectivity index (χ4v) is 2.03. The zero-order valence-electron chi connectivity index (χ0n) is 8.66. The third kappa shape index (κ3) is 2.21. The number of nitrogens with two attached hydrogens (primary N) is 1. The molecule has 0 saturated carbocycles. The van der Waals surface area contributed by atoms with E-state index in [1.807, 2.05) is 6.07 Å². The molecule has 0 radical (unpaired) electrons. The second kappa shape index (κ2) is 4.49. The highest BCUT2D eigenvalue weighted by Crippen LogP contribution is 2.30.